The van der Waals surface area contributed by atoms with Crippen molar-refractivity contribution in [2.24, 2.45) is 0 Å². The van der Waals surface area contributed by atoms with Gasteiger partial charge in [0.05, 0.1) is 0 Å². The highest BCUT2D eigenvalue weighted by Crippen LogP contribution is 2.23. The number of rotatable bonds is 5. The van der Waals surface area contributed by atoms with Crippen molar-refractivity contribution < 1.29 is 4.79 Å². The predicted octanol–water partition coefficient (Wildman–Crippen LogP) is 3.16. The van der Waals surface area contributed by atoms with Crippen LogP contribution in [0.5, 0.6) is 0 Å². The molecule has 0 aliphatic rings. The second-order valence-electron chi connectivity index (χ2n) is 3.53. The second-order valence-corrected chi connectivity index (χ2v) is 5.55. The molecule has 1 aromatic rings. The maximum Gasteiger partial charge on any atom is 0.242 e. The number of amides is 1. The van der Waals surface area contributed by atoms with Crippen LogP contribution >= 0.6 is 38.5 Å². The summed E-state index contributed by atoms with van der Waals surface area (Å²) < 4.78 is 2.15. The molecule has 0 aromatic heterocycles. The number of halogens is 2. The molecule has 2 N–H and O–H groups in total. The zero-order valence-electron chi connectivity index (χ0n) is 9.47. The van der Waals surface area contributed by atoms with Crippen LogP contribution in [0.25, 0.3) is 0 Å². The molecule has 0 bridgehead atoms. The Morgan fingerprint density at radius 1 is 1.65 bits per heavy atom. The van der Waals surface area contributed by atoms with Crippen LogP contribution in [0.15, 0.2) is 35.3 Å². The zero-order valence-corrected chi connectivity index (χ0v) is 13.2. The lowest BCUT2D eigenvalue weighted by atomic mass is 10.2. The summed E-state index contributed by atoms with van der Waals surface area (Å²) in [5.41, 5.74) is 0.915. The van der Waals surface area contributed by atoms with Crippen molar-refractivity contribution in [1.29, 1.82) is 0 Å². The predicted molar refractivity (Wildman–Crippen MR) is 83.2 cm³/mol. The second kappa shape index (κ2) is 7.00. The smallest absolute Gasteiger partial charge is 0.242 e. The molecule has 1 amide bonds. The maximum atomic E-state index is 11.6. The summed E-state index contributed by atoms with van der Waals surface area (Å²) in [5.74, 6) is -0.0421. The molecule has 5 heteroatoms. The minimum Gasteiger partial charge on any atom is -0.374 e. The Morgan fingerprint density at radius 3 is 2.94 bits per heavy atom. The first-order valence-corrected chi connectivity index (χ1v) is 7.02. The molecule has 92 valence electrons. The number of hydrogen-bond acceptors (Lipinski definition) is 2. The molecule has 0 fully saturated rings. The standard InChI is InChI=1S/C12H14BrIN2O/c1-3-6-15-12(17)8(2)16-9-4-5-11(14)10(13)7-9/h3-5,7-8,16H,1,6H2,2H3,(H,15,17). The molecule has 0 saturated carbocycles. The molecule has 1 atom stereocenters. The van der Waals surface area contributed by atoms with Gasteiger partial charge in [0, 0.05) is 20.3 Å². The summed E-state index contributed by atoms with van der Waals surface area (Å²) in [4.78, 5) is 11.6. The van der Waals surface area contributed by atoms with Gasteiger partial charge in [0.25, 0.3) is 0 Å². The van der Waals surface area contributed by atoms with Crippen molar-refractivity contribution in [2.45, 2.75) is 13.0 Å². The van der Waals surface area contributed by atoms with Crippen LogP contribution in [0.1, 0.15) is 6.92 Å². The summed E-state index contributed by atoms with van der Waals surface area (Å²) in [6.45, 7) is 5.87. The van der Waals surface area contributed by atoms with Gasteiger partial charge in [-0.15, -0.1) is 6.58 Å². The van der Waals surface area contributed by atoms with Gasteiger partial charge in [0.15, 0.2) is 0 Å². The van der Waals surface area contributed by atoms with Crippen LogP contribution in [-0.4, -0.2) is 18.5 Å². The van der Waals surface area contributed by atoms with Gasteiger partial charge >= 0.3 is 0 Å². The molecule has 17 heavy (non-hydrogen) atoms. The SMILES string of the molecule is C=CCNC(=O)C(C)Nc1ccc(I)c(Br)c1. The number of nitrogens with one attached hydrogen (secondary N) is 2. The summed E-state index contributed by atoms with van der Waals surface area (Å²) in [6, 6.07) is 5.62. The molecule has 1 rings (SSSR count). The third-order valence-electron chi connectivity index (χ3n) is 2.12. The molecule has 1 aromatic carbocycles. The zero-order chi connectivity index (χ0) is 12.8. The van der Waals surface area contributed by atoms with Gasteiger partial charge in [-0.25, -0.2) is 0 Å². The number of benzene rings is 1. The molecule has 0 spiro atoms. The van der Waals surface area contributed by atoms with Crippen molar-refractivity contribution >= 4 is 50.1 Å². The van der Waals surface area contributed by atoms with Crippen molar-refractivity contribution in [3.05, 3.63) is 38.9 Å². The van der Waals surface area contributed by atoms with Crippen molar-refractivity contribution in [1.82, 2.24) is 5.32 Å². The van der Waals surface area contributed by atoms with Crippen molar-refractivity contribution in [3.63, 3.8) is 0 Å². The molecule has 0 aliphatic heterocycles. The van der Waals surface area contributed by atoms with E-state index in [4.69, 9.17) is 0 Å². The molecule has 0 heterocycles. The van der Waals surface area contributed by atoms with E-state index in [-0.39, 0.29) is 11.9 Å². The highest BCUT2D eigenvalue weighted by molar-refractivity contribution is 14.1. The number of anilines is 1. The lowest BCUT2D eigenvalue weighted by Crippen LogP contribution is -2.37. The normalized spacial score (nSPS) is 11.7. The molecule has 3 nitrogen and oxygen atoms in total. The molecule has 0 radical (unpaired) electrons. The maximum absolute atomic E-state index is 11.6. The highest BCUT2D eigenvalue weighted by atomic mass is 127. The largest absolute Gasteiger partial charge is 0.374 e. The Kier molecular flexibility index (Phi) is 5.97. The van der Waals surface area contributed by atoms with Gasteiger partial charge in [-0.3, -0.25) is 4.79 Å². The monoisotopic (exact) mass is 408 g/mol. The van der Waals surface area contributed by atoms with Gasteiger partial charge in [-0.05, 0) is 63.6 Å². The van der Waals surface area contributed by atoms with Crippen LogP contribution in [-0.2, 0) is 4.79 Å². The fourth-order valence-corrected chi connectivity index (χ4v) is 1.94. The van der Waals surface area contributed by atoms with E-state index in [2.05, 4.69) is 55.7 Å². The van der Waals surface area contributed by atoms with Crippen molar-refractivity contribution in [3.8, 4) is 0 Å². The molecule has 0 saturated heterocycles. The molecule has 1 unspecified atom stereocenters. The number of hydrogen-bond donors (Lipinski definition) is 2. The summed E-state index contributed by atoms with van der Waals surface area (Å²) >= 11 is 5.70. The van der Waals surface area contributed by atoms with E-state index >= 15 is 0 Å². The van der Waals surface area contributed by atoms with E-state index in [1.807, 2.05) is 25.1 Å². The Labute approximate surface area is 123 Å². The Bertz CT molecular complexity index is 423. The van der Waals surface area contributed by atoms with Crippen LogP contribution in [0.2, 0.25) is 0 Å². The Balaban J connectivity index is 2.61. The van der Waals surface area contributed by atoms with Crippen molar-refractivity contribution in [2.75, 3.05) is 11.9 Å². The Hall–Kier alpha value is -0.560. The first kappa shape index (κ1) is 14.5. The lowest BCUT2D eigenvalue weighted by Gasteiger charge is -2.15. The topological polar surface area (TPSA) is 41.1 Å². The minimum atomic E-state index is -0.276. The first-order valence-electron chi connectivity index (χ1n) is 5.14. The van der Waals surface area contributed by atoms with Gasteiger partial charge in [0.1, 0.15) is 6.04 Å². The molecular weight excluding hydrogens is 395 g/mol. The highest BCUT2D eigenvalue weighted by Gasteiger charge is 2.11. The van der Waals surface area contributed by atoms with E-state index < -0.39 is 0 Å². The molecule has 0 aliphatic carbocycles. The van der Waals surface area contributed by atoms with Gasteiger partial charge < -0.3 is 10.6 Å². The van der Waals surface area contributed by atoms with Crippen LogP contribution in [0, 0.1) is 3.57 Å². The number of carbonyl (C=O) groups is 1. The van der Waals surface area contributed by atoms with E-state index in [0.29, 0.717) is 6.54 Å². The van der Waals surface area contributed by atoms with Crippen LogP contribution < -0.4 is 10.6 Å². The Morgan fingerprint density at radius 2 is 2.35 bits per heavy atom. The minimum absolute atomic E-state index is 0.0421. The first-order chi connectivity index (χ1) is 8.04. The summed E-state index contributed by atoms with van der Waals surface area (Å²) in [5, 5.41) is 5.88. The van der Waals surface area contributed by atoms with E-state index in [1.54, 1.807) is 6.08 Å². The number of carbonyl (C=O) groups excluding carboxylic acids is 1. The average molecular weight is 409 g/mol. The van der Waals surface area contributed by atoms with Gasteiger partial charge in [-0.2, -0.15) is 0 Å². The average Bonchev–Trinajstić information content (AvgIpc) is 2.30. The summed E-state index contributed by atoms with van der Waals surface area (Å²) in [7, 11) is 0. The third-order valence-corrected chi connectivity index (χ3v) is 4.45. The fourth-order valence-electron chi connectivity index (χ4n) is 1.23. The quantitative estimate of drug-likeness (QED) is 0.580. The van der Waals surface area contributed by atoms with E-state index in [9.17, 15) is 4.79 Å². The van der Waals surface area contributed by atoms with E-state index in [0.717, 1.165) is 13.7 Å². The van der Waals surface area contributed by atoms with E-state index in [1.165, 1.54) is 0 Å². The lowest BCUT2D eigenvalue weighted by molar-refractivity contribution is -0.121. The van der Waals surface area contributed by atoms with Gasteiger partial charge in [-0.1, -0.05) is 6.08 Å². The van der Waals surface area contributed by atoms with Gasteiger partial charge in [0.2, 0.25) is 5.91 Å². The fraction of sp³-hybridized carbons (Fsp3) is 0.250. The van der Waals surface area contributed by atoms with Crippen LogP contribution in [0.3, 0.4) is 0 Å². The molecular formula is C12H14BrIN2O. The summed E-state index contributed by atoms with van der Waals surface area (Å²) in [6.07, 6.45) is 1.66. The third kappa shape index (κ3) is 4.67. The van der Waals surface area contributed by atoms with Crippen LogP contribution in [0.4, 0.5) is 5.69 Å².